The van der Waals surface area contributed by atoms with Crippen LogP contribution in [0.5, 0.6) is 23.0 Å². The van der Waals surface area contributed by atoms with Gasteiger partial charge in [0.1, 0.15) is 40.7 Å². The van der Waals surface area contributed by atoms with Crippen molar-refractivity contribution in [1.29, 1.82) is 0 Å². The van der Waals surface area contributed by atoms with Gasteiger partial charge in [-0.25, -0.2) is 9.97 Å². The van der Waals surface area contributed by atoms with Crippen molar-refractivity contribution < 1.29 is 28.4 Å². The minimum Gasteiger partial charge on any atom is -0.497 e. The number of anilines is 2. The van der Waals surface area contributed by atoms with Gasteiger partial charge >= 0.3 is 0 Å². The molecule has 0 spiro atoms. The number of ether oxygens (including phenoxy) is 6. The van der Waals surface area contributed by atoms with Crippen LogP contribution in [0.2, 0.25) is 0 Å². The number of pyridine rings is 2. The van der Waals surface area contributed by atoms with Crippen molar-refractivity contribution >= 4 is 49.4 Å². The Hall–Kier alpha value is -5.04. The van der Waals surface area contributed by atoms with Crippen LogP contribution in [0.3, 0.4) is 0 Å². The first-order chi connectivity index (χ1) is 27.2. The van der Waals surface area contributed by atoms with Crippen LogP contribution in [-0.4, -0.2) is 61.0 Å². The maximum Gasteiger partial charge on any atom is 0.163 e. The molecule has 0 bridgehead atoms. The lowest BCUT2D eigenvalue weighted by molar-refractivity contribution is -0.160. The molecule has 1 unspecified atom stereocenters. The molecule has 3 aromatic heterocycles. The monoisotopic (exact) mass is 821 g/mol. The number of nitrogens with one attached hydrogen (secondary N) is 2. The fourth-order valence-corrected chi connectivity index (χ4v) is 8.78. The summed E-state index contributed by atoms with van der Waals surface area (Å²) in [7, 11) is 6.64. The highest BCUT2D eigenvalue weighted by atomic mass is 79.9. The van der Waals surface area contributed by atoms with Crippen molar-refractivity contribution in [2.75, 3.05) is 39.1 Å². The predicted octanol–water partition coefficient (Wildman–Crippen LogP) is 9.32. The lowest BCUT2D eigenvalue weighted by Crippen LogP contribution is -2.27. The number of rotatable bonds is 14. The van der Waals surface area contributed by atoms with E-state index in [1.807, 2.05) is 56.4 Å². The van der Waals surface area contributed by atoms with E-state index in [2.05, 4.69) is 73.7 Å². The first kappa shape index (κ1) is 37.9. The number of benzene rings is 3. The van der Waals surface area contributed by atoms with Crippen molar-refractivity contribution in [3.8, 4) is 23.0 Å². The molecule has 2 N–H and O–H groups in total. The van der Waals surface area contributed by atoms with Gasteiger partial charge in [0.15, 0.2) is 5.79 Å². The molecule has 4 atom stereocenters. The van der Waals surface area contributed by atoms with Crippen LogP contribution in [0, 0.1) is 5.92 Å². The second-order valence-electron chi connectivity index (χ2n) is 14.9. The van der Waals surface area contributed by atoms with Gasteiger partial charge in [0.25, 0.3) is 0 Å². The van der Waals surface area contributed by atoms with Crippen molar-refractivity contribution in [1.82, 2.24) is 14.5 Å². The molecule has 4 heterocycles. The molecule has 0 amide bonds. The van der Waals surface area contributed by atoms with Crippen LogP contribution in [0.15, 0.2) is 89.7 Å². The molecule has 8 rings (SSSR count). The largest absolute Gasteiger partial charge is 0.497 e. The highest BCUT2D eigenvalue weighted by molar-refractivity contribution is 9.10. The summed E-state index contributed by atoms with van der Waals surface area (Å²) in [6.45, 7) is 5.16. The number of methoxy groups -OCH3 is 4. The molecule has 11 nitrogen and oxygen atoms in total. The number of aryl methyl sites for hydroxylation is 1. The zero-order valence-corrected chi connectivity index (χ0v) is 34.2. The van der Waals surface area contributed by atoms with E-state index in [-0.39, 0.29) is 18.2 Å². The summed E-state index contributed by atoms with van der Waals surface area (Å²) in [5.74, 6) is 4.30. The molecule has 1 saturated carbocycles. The number of hydrogen-bond donors (Lipinski definition) is 2. The Bertz CT molecular complexity index is 2360. The molecule has 1 aliphatic heterocycles. The van der Waals surface area contributed by atoms with Crippen molar-refractivity contribution in [3.05, 3.63) is 106 Å². The van der Waals surface area contributed by atoms with E-state index >= 15 is 0 Å². The third-order valence-electron chi connectivity index (χ3n) is 11.1. The molecule has 1 aliphatic carbocycles. The van der Waals surface area contributed by atoms with Crippen LogP contribution in [0.4, 0.5) is 11.6 Å². The number of halogens is 1. The molecular formula is C44H48BrN5O6. The van der Waals surface area contributed by atoms with E-state index in [4.69, 9.17) is 38.4 Å². The number of aromatic nitrogens is 3. The van der Waals surface area contributed by atoms with Crippen LogP contribution in [0.1, 0.15) is 49.4 Å². The van der Waals surface area contributed by atoms with Gasteiger partial charge in [0.05, 0.1) is 56.1 Å². The molecule has 56 heavy (non-hydrogen) atoms. The Kier molecular flexibility index (Phi) is 10.7. The molecule has 12 heteroatoms. The Morgan fingerprint density at radius 2 is 1.46 bits per heavy atom. The van der Waals surface area contributed by atoms with Gasteiger partial charge in [-0.15, -0.1) is 0 Å². The number of fused-ring (bicyclic) bond motifs is 3. The third kappa shape index (κ3) is 7.57. The van der Waals surface area contributed by atoms with E-state index in [9.17, 15) is 0 Å². The topological polar surface area (TPSA) is 110 Å². The van der Waals surface area contributed by atoms with E-state index in [0.717, 1.165) is 91.3 Å². The smallest absolute Gasteiger partial charge is 0.163 e. The molecule has 2 fully saturated rings. The maximum absolute atomic E-state index is 6.65. The summed E-state index contributed by atoms with van der Waals surface area (Å²) in [6, 6.07) is 24.7. The molecule has 3 aromatic carbocycles. The fraction of sp³-hybridized carbons (Fsp3) is 0.364. The van der Waals surface area contributed by atoms with Crippen LogP contribution in [-0.2, 0) is 29.0 Å². The normalized spacial score (nSPS) is 19.9. The molecule has 1 saturated heterocycles. The Morgan fingerprint density at radius 1 is 0.786 bits per heavy atom. The summed E-state index contributed by atoms with van der Waals surface area (Å²) in [6.07, 6.45) is 6.80. The summed E-state index contributed by atoms with van der Waals surface area (Å²) in [5.41, 5.74) is 5.34. The average molecular weight is 823 g/mol. The van der Waals surface area contributed by atoms with E-state index in [1.54, 1.807) is 28.4 Å². The van der Waals surface area contributed by atoms with Gasteiger partial charge in [-0.1, -0.05) is 12.1 Å². The molecule has 292 valence electrons. The van der Waals surface area contributed by atoms with Crippen molar-refractivity contribution in [2.24, 2.45) is 5.92 Å². The zero-order valence-electron chi connectivity index (χ0n) is 32.6. The minimum atomic E-state index is -0.652. The lowest BCUT2D eigenvalue weighted by Gasteiger charge is -2.25. The van der Waals surface area contributed by atoms with Gasteiger partial charge in [-0.2, -0.15) is 0 Å². The third-order valence-corrected chi connectivity index (χ3v) is 11.7. The number of nitrogens with zero attached hydrogens (tertiary/aromatic N) is 3. The minimum absolute atomic E-state index is 0.00490. The second-order valence-corrected chi connectivity index (χ2v) is 15.7. The van der Waals surface area contributed by atoms with Gasteiger partial charge in [-0.3, -0.25) is 0 Å². The molecular weight excluding hydrogens is 774 g/mol. The van der Waals surface area contributed by atoms with Crippen LogP contribution in [0.25, 0.3) is 21.8 Å². The van der Waals surface area contributed by atoms with E-state index in [0.29, 0.717) is 19.0 Å². The first-order valence-corrected chi connectivity index (χ1v) is 19.8. The van der Waals surface area contributed by atoms with E-state index in [1.165, 1.54) is 5.56 Å². The highest BCUT2D eigenvalue weighted by Gasteiger charge is 2.54. The predicted molar refractivity (Wildman–Crippen MR) is 222 cm³/mol. The molecule has 6 aromatic rings. The summed E-state index contributed by atoms with van der Waals surface area (Å²) < 4.78 is 38.5. The summed E-state index contributed by atoms with van der Waals surface area (Å²) >= 11 is 3.73. The Morgan fingerprint density at radius 3 is 2.14 bits per heavy atom. The van der Waals surface area contributed by atoms with E-state index < -0.39 is 5.79 Å². The maximum atomic E-state index is 6.65. The molecule has 0 radical (unpaired) electrons. The summed E-state index contributed by atoms with van der Waals surface area (Å²) in [5, 5.41) is 9.18. The quantitative estimate of drug-likeness (QED) is 0.110. The standard InChI is InChI=1S/C44H48BrN5O6/c1-44(2)55-40-28(10-8-26-7-9-27-20-34(45)43(49-35(27)19-26)48-25-30-12-14-32(52-4)23-39(30)54-6)21-37(41(40)56-44)50-18-16-33-36(50)15-17-46-42(33)47-24-29-11-13-31(51-3)22-38(29)53-5/h7,9,11-20,22-23,28,37,40-41H,8,10,21,24-25H2,1-6H3,(H,46,47)(H,48,49)/t28-,37?,40+,41-/m0/s1. The number of hydrogen-bond acceptors (Lipinski definition) is 10. The van der Waals surface area contributed by atoms with Gasteiger partial charge in [0, 0.05) is 59.5 Å². The first-order valence-electron chi connectivity index (χ1n) is 19.0. The molecule has 2 aliphatic rings. The average Bonchev–Trinajstić information content (AvgIpc) is 3.88. The van der Waals surface area contributed by atoms with Crippen molar-refractivity contribution in [2.45, 2.75) is 70.2 Å². The summed E-state index contributed by atoms with van der Waals surface area (Å²) in [4.78, 5) is 9.75. The fourth-order valence-electron chi connectivity index (χ4n) is 8.30. The highest BCUT2D eigenvalue weighted by Crippen LogP contribution is 2.49. The SMILES string of the molecule is COc1ccc(CNc2nc3cc(CC[C@H]4CC(n5ccc6c(NCc7ccc(OC)cc7OC)nccc65)[C@@H]5OC(C)(C)O[C@H]45)ccc3cc2Br)c(OC)c1. The van der Waals surface area contributed by atoms with Gasteiger partial charge in [0.2, 0.25) is 0 Å². The second kappa shape index (κ2) is 15.8. The van der Waals surface area contributed by atoms with Crippen molar-refractivity contribution in [3.63, 3.8) is 0 Å². The Balaban J connectivity index is 0.979. The zero-order chi connectivity index (χ0) is 39.0. The van der Waals surface area contributed by atoms with Gasteiger partial charge in [-0.05, 0) is 109 Å². The lowest BCUT2D eigenvalue weighted by atomic mass is 9.95. The van der Waals surface area contributed by atoms with Gasteiger partial charge < -0.3 is 43.6 Å². The van der Waals surface area contributed by atoms with Crippen LogP contribution >= 0.6 is 15.9 Å². The Labute approximate surface area is 335 Å². The van der Waals surface area contributed by atoms with Crippen LogP contribution < -0.4 is 29.6 Å².